The zero-order chi connectivity index (χ0) is 3.54. The van der Waals surface area contributed by atoms with Crippen molar-refractivity contribution in [3.8, 4) is 0 Å². The Morgan fingerprint density at radius 1 is 1.50 bits per heavy atom. The Morgan fingerprint density at radius 2 is 2.33 bits per heavy atom. The molecule has 0 N–H and O–H groups in total. The van der Waals surface area contributed by atoms with Crippen molar-refractivity contribution in [1.82, 2.24) is 0 Å². The van der Waals surface area contributed by atoms with Crippen molar-refractivity contribution in [3.63, 3.8) is 0 Å². The zero-order valence-electron chi connectivity index (χ0n) is 2.64. The van der Waals surface area contributed by atoms with Crippen LogP contribution in [0.1, 0.15) is 0 Å². The van der Waals surface area contributed by atoms with E-state index in [-0.39, 0.29) is 29.6 Å². The maximum absolute atomic E-state index is 4.46. The van der Waals surface area contributed by atoms with Crippen molar-refractivity contribution in [1.29, 1.82) is 0 Å². The Kier molecular flexibility index (Phi) is 3.63. The van der Waals surface area contributed by atoms with Crippen LogP contribution >= 0.6 is 0 Å². The zero-order valence-corrected chi connectivity index (χ0v) is 2.64. The minimum Gasteiger partial charge on any atom is -0.461 e. The molecule has 0 aromatic carbocycles. The van der Waals surface area contributed by atoms with E-state index in [1.165, 1.54) is 0 Å². The minimum absolute atomic E-state index is 0. The average Bonchev–Trinajstić information content (AvgIpc) is 1.76. The van der Waals surface area contributed by atoms with Gasteiger partial charge in [0.2, 0.25) is 0 Å². The SMILES string of the molecule is [NaH].[c]1ccco1. The van der Waals surface area contributed by atoms with E-state index in [2.05, 4.69) is 10.7 Å². The van der Waals surface area contributed by atoms with Gasteiger partial charge in [0.25, 0.3) is 0 Å². The summed E-state index contributed by atoms with van der Waals surface area (Å²) in [6.45, 7) is 0. The summed E-state index contributed by atoms with van der Waals surface area (Å²) in [4.78, 5) is 0. The molecule has 1 aromatic rings. The van der Waals surface area contributed by atoms with Gasteiger partial charge in [-0.3, -0.25) is 0 Å². The molecule has 0 aliphatic heterocycles. The van der Waals surface area contributed by atoms with Crippen molar-refractivity contribution in [2.45, 2.75) is 0 Å². The van der Waals surface area contributed by atoms with Gasteiger partial charge in [-0.1, -0.05) is 0 Å². The van der Waals surface area contributed by atoms with Crippen molar-refractivity contribution < 1.29 is 4.42 Å². The quantitative estimate of drug-likeness (QED) is 0.422. The predicted octanol–water partition coefficient (Wildman–Crippen LogP) is 0.431. The van der Waals surface area contributed by atoms with E-state index in [1.54, 1.807) is 18.4 Å². The van der Waals surface area contributed by atoms with Crippen molar-refractivity contribution in [3.05, 3.63) is 24.7 Å². The fourth-order valence-electron chi connectivity index (χ4n) is 0.196. The molecular formula is C4H4NaO. The van der Waals surface area contributed by atoms with E-state index in [0.717, 1.165) is 0 Å². The van der Waals surface area contributed by atoms with E-state index >= 15 is 0 Å². The van der Waals surface area contributed by atoms with Crippen LogP contribution in [-0.2, 0) is 0 Å². The van der Waals surface area contributed by atoms with Gasteiger partial charge >= 0.3 is 29.6 Å². The third-order valence-electron chi connectivity index (χ3n) is 0.379. The molecule has 0 fully saturated rings. The van der Waals surface area contributed by atoms with Crippen LogP contribution < -0.4 is 0 Å². The van der Waals surface area contributed by atoms with Crippen LogP contribution in [-0.4, -0.2) is 29.6 Å². The Morgan fingerprint density at radius 3 is 2.50 bits per heavy atom. The molecule has 0 unspecified atom stereocenters. The Labute approximate surface area is 58.6 Å². The molecule has 0 spiro atoms. The third-order valence-corrected chi connectivity index (χ3v) is 0.379. The van der Waals surface area contributed by atoms with Crippen molar-refractivity contribution in [2.24, 2.45) is 0 Å². The predicted molar refractivity (Wildman–Crippen MR) is 24.7 cm³/mol. The molecule has 0 atom stereocenters. The fourth-order valence-corrected chi connectivity index (χ4v) is 0.196. The van der Waals surface area contributed by atoms with Gasteiger partial charge in [-0.2, -0.15) is 0 Å². The number of rotatable bonds is 0. The van der Waals surface area contributed by atoms with Crippen LogP contribution in [0.4, 0.5) is 0 Å². The summed E-state index contributed by atoms with van der Waals surface area (Å²) >= 11 is 0. The van der Waals surface area contributed by atoms with E-state index < -0.39 is 0 Å². The molecule has 27 valence electrons. The summed E-state index contributed by atoms with van der Waals surface area (Å²) in [6.07, 6.45) is 4.06. The molecule has 0 aliphatic rings. The molecule has 0 aliphatic carbocycles. The monoisotopic (exact) mass is 91.0 g/mol. The van der Waals surface area contributed by atoms with Gasteiger partial charge in [-0.05, 0) is 12.1 Å². The molecule has 6 heavy (non-hydrogen) atoms. The van der Waals surface area contributed by atoms with Crippen LogP contribution in [0.2, 0.25) is 0 Å². The molecule has 1 nitrogen and oxygen atoms in total. The summed E-state index contributed by atoms with van der Waals surface area (Å²) in [7, 11) is 0. The van der Waals surface area contributed by atoms with E-state index in [4.69, 9.17) is 0 Å². The summed E-state index contributed by atoms with van der Waals surface area (Å²) in [5.74, 6) is 0. The molecule has 0 saturated heterocycles. The molecular weight excluding hydrogens is 87.0 g/mol. The van der Waals surface area contributed by atoms with Crippen LogP contribution in [0.15, 0.2) is 22.8 Å². The summed E-state index contributed by atoms with van der Waals surface area (Å²) in [6, 6.07) is 3.49. The second kappa shape index (κ2) is 3.47. The molecule has 0 saturated carbocycles. The van der Waals surface area contributed by atoms with Gasteiger partial charge in [0.1, 0.15) is 0 Å². The van der Waals surface area contributed by atoms with E-state index in [1.807, 2.05) is 0 Å². The Balaban J connectivity index is 0.000000250. The minimum atomic E-state index is 0. The molecule has 1 rings (SSSR count). The molecule has 2 heteroatoms. The van der Waals surface area contributed by atoms with E-state index in [0.29, 0.717) is 0 Å². The van der Waals surface area contributed by atoms with Gasteiger partial charge in [0.05, 0.1) is 6.26 Å². The standard InChI is InChI=1S/C4H3O.Na.H/c1-2-4-5-3-1;;/h1-3H;;. The maximum atomic E-state index is 4.46. The normalized spacial score (nSPS) is 6.67. The number of hydrogen-bond acceptors (Lipinski definition) is 1. The first kappa shape index (κ1) is 6.28. The first-order chi connectivity index (χ1) is 2.50. The summed E-state index contributed by atoms with van der Waals surface area (Å²) in [5, 5.41) is 0. The van der Waals surface area contributed by atoms with Gasteiger partial charge in [-0.15, -0.1) is 0 Å². The number of hydrogen-bond donors (Lipinski definition) is 0. The Hall–Kier alpha value is 0.280. The summed E-state index contributed by atoms with van der Waals surface area (Å²) in [5.41, 5.74) is 0. The van der Waals surface area contributed by atoms with Crippen LogP contribution in [0.3, 0.4) is 0 Å². The topological polar surface area (TPSA) is 13.1 Å². The van der Waals surface area contributed by atoms with Crippen molar-refractivity contribution in [2.75, 3.05) is 0 Å². The van der Waals surface area contributed by atoms with E-state index in [9.17, 15) is 0 Å². The largest absolute Gasteiger partial charge is 0.461 e. The number of furan rings is 1. The smallest absolute Gasteiger partial charge is 0.169 e. The first-order valence-electron chi connectivity index (χ1n) is 1.40. The maximum Gasteiger partial charge on any atom is 0.169 e. The summed E-state index contributed by atoms with van der Waals surface area (Å²) < 4.78 is 4.46. The fraction of sp³-hybridized carbons (Fsp3) is 0. The third kappa shape index (κ3) is 1.65. The van der Waals surface area contributed by atoms with Crippen LogP contribution in [0, 0.1) is 6.26 Å². The first-order valence-corrected chi connectivity index (χ1v) is 1.40. The molecule has 1 heterocycles. The van der Waals surface area contributed by atoms with Crippen molar-refractivity contribution >= 4 is 29.6 Å². The van der Waals surface area contributed by atoms with Crippen LogP contribution in [0.5, 0.6) is 0 Å². The molecule has 1 aromatic heterocycles. The Bertz CT molecular complexity index is 64.0. The van der Waals surface area contributed by atoms with Gasteiger partial charge < -0.3 is 4.42 Å². The second-order valence-electron chi connectivity index (χ2n) is 0.731. The molecule has 0 bridgehead atoms. The van der Waals surface area contributed by atoms with Gasteiger partial charge in [-0.25, -0.2) is 0 Å². The van der Waals surface area contributed by atoms with Gasteiger partial charge in [0, 0.05) is 0 Å². The molecule has 0 amide bonds. The average molecular weight is 91.1 g/mol. The second-order valence-corrected chi connectivity index (χ2v) is 0.731. The van der Waals surface area contributed by atoms with Gasteiger partial charge in [0.15, 0.2) is 6.26 Å². The molecule has 1 radical (unpaired) electrons. The van der Waals surface area contributed by atoms with Crippen LogP contribution in [0.25, 0.3) is 0 Å².